The van der Waals surface area contributed by atoms with E-state index in [1.165, 1.54) is 32.1 Å². The molecule has 0 bridgehead atoms. The Morgan fingerprint density at radius 1 is 1.04 bits per heavy atom. The van der Waals surface area contributed by atoms with Gasteiger partial charge in [0.1, 0.15) is 6.04 Å². The molecule has 4 amide bonds. The average Bonchev–Trinajstić information content (AvgIpc) is 2.86. The van der Waals surface area contributed by atoms with Crippen LogP contribution in [0, 0.1) is 5.92 Å². The van der Waals surface area contributed by atoms with Gasteiger partial charge in [-0.25, -0.2) is 4.79 Å². The molecule has 128 valence electrons. The second kappa shape index (κ2) is 7.29. The Morgan fingerprint density at radius 3 is 2.35 bits per heavy atom. The lowest BCUT2D eigenvalue weighted by Gasteiger charge is -2.37. The van der Waals surface area contributed by atoms with E-state index in [0.29, 0.717) is 13.1 Å². The van der Waals surface area contributed by atoms with Gasteiger partial charge in [0.05, 0.1) is 6.42 Å². The summed E-state index contributed by atoms with van der Waals surface area (Å²) in [5.74, 6) is 0.368. The van der Waals surface area contributed by atoms with Crippen molar-refractivity contribution in [2.24, 2.45) is 5.92 Å². The van der Waals surface area contributed by atoms with Crippen LogP contribution < -0.4 is 10.6 Å². The number of piperazine rings is 1. The molecule has 3 rings (SSSR count). The molecule has 0 spiro atoms. The molecule has 0 aromatic carbocycles. The minimum absolute atomic E-state index is 0.0512. The van der Waals surface area contributed by atoms with E-state index in [1.54, 1.807) is 0 Å². The van der Waals surface area contributed by atoms with E-state index in [0.717, 1.165) is 25.6 Å². The zero-order valence-electron chi connectivity index (χ0n) is 13.6. The molecule has 7 nitrogen and oxygen atoms in total. The van der Waals surface area contributed by atoms with Crippen molar-refractivity contribution in [1.29, 1.82) is 0 Å². The largest absolute Gasteiger partial charge is 0.340 e. The molecule has 23 heavy (non-hydrogen) atoms. The lowest BCUT2D eigenvalue weighted by atomic mass is 9.89. The lowest BCUT2D eigenvalue weighted by molar-refractivity contribution is -0.135. The quantitative estimate of drug-likeness (QED) is 0.730. The summed E-state index contributed by atoms with van der Waals surface area (Å²) in [7, 11) is 0. The molecule has 1 aliphatic carbocycles. The minimum Gasteiger partial charge on any atom is -0.340 e. The van der Waals surface area contributed by atoms with Gasteiger partial charge in [0, 0.05) is 32.7 Å². The fraction of sp³-hybridized carbons (Fsp3) is 0.812. The van der Waals surface area contributed by atoms with Crippen LogP contribution in [0.3, 0.4) is 0 Å². The molecular formula is C16H26N4O3. The molecule has 0 radical (unpaired) electrons. The van der Waals surface area contributed by atoms with Crippen molar-refractivity contribution in [3.63, 3.8) is 0 Å². The Morgan fingerprint density at radius 2 is 1.74 bits per heavy atom. The van der Waals surface area contributed by atoms with Gasteiger partial charge in [-0.2, -0.15) is 0 Å². The first-order valence-corrected chi connectivity index (χ1v) is 8.73. The predicted octanol–water partition coefficient (Wildman–Crippen LogP) is 0.309. The molecule has 3 fully saturated rings. The van der Waals surface area contributed by atoms with Gasteiger partial charge in [0.2, 0.25) is 5.91 Å². The number of carbonyl (C=O) groups is 3. The van der Waals surface area contributed by atoms with Gasteiger partial charge in [-0.05, 0) is 18.8 Å². The number of rotatable bonds is 4. The summed E-state index contributed by atoms with van der Waals surface area (Å²) in [5.41, 5.74) is 0. The summed E-state index contributed by atoms with van der Waals surface area (Å²) in [6, 6.07) is -1.22. The molecule has 1 atom stereocenters. The van der Waals surface area contributed by atoms with Gasteiger partial charge in [-0.15, -0.1) is 0 Å². The summed E-state index contributed by atoms with van der Waals surface area (Å²) in [6.07, 6.45) is 6.84. The summed E-state index contributed by atoms with van der Waals surface area (Å²) in [6.45, 7) is 4.40. The molecule has 2 heterocycles. The van der Waals surface area contributed by atoms with Crippen molar-refractivity contribution in [1.82, 2.24) is 20.4 Å². The van der Waals surface area contributed by atoms with Crippen LogP contribution >= 0.6 is 0 Å². The summed E-state index contributed by atoms with van der Waals surface area (Å²) >= 11 is 0. The summed E-state index contributed by atoms with van der Waals surface area (Å²) in [4.78, 5) is 39.1. The van der Waals surface area contributed by atoms with Gasteiger partial charge in [-0.1, -0.05) is 19.3 Å². The van der Waals surface area contributed by atoms with E-state index in [2.05, 4.69) is 15.5 Å². The Kier molecular flexibility index (Phi) is 5.15. The maximum atomic E-state index is 12.3. The molecule has 2 aliphatic heterocycles. The van der Waals surface area contributed by atoms with Gasteiger partial charge < -0.3 is 10.2 Å². The van der Waals surface area contributed by atoms with Gasteiger partial charge in [0.15, 0.2) is 0 Å². The third-order valence-electron chi connectivity index (χ3n) is 5.20. The van der Waals surface area contributed by atoms with Crippen molar-refractivity contribution in [3.05, 3.63) is 0 Å². The highest BCUT2D eigenvalue weighted by atomic mass is 16.2. The smallest absolute Gasteiger partial charge is 0.322 e. The van der Waals surface area contributed by atoms with Crippen LogP contribution in [-0.4, -0.2) is 66.4 Å². The number of imide groups is 1. The molecule has 2 saturated heterocycles. The first-order chi connectivity index (χ1) is 11.1. The first-order valence-electron chi connectivity index (χ1n) is 8.73. The Bertz CT molecular complexity index is 468. The highest BCUT2D eigenvalue weighted by molar-refractivity contribution is 6.05. The van der Waals surface area contributed by atoms with Crippen molar-refractivity contribution in [2.75, 3.05) is 32.7 Å². The zero-order valence-corrected chi connectivity index (χ0v) is 13.6. The normalized spacial score (nSPS) is 27.0. The molecule has 0 aromatic rings. The lowest BCUT2D eigenvalue weighted by Crippen LogP contribution is -2.51. The van der Waals surface area contributed by atoms with Crippen molar-refractivity contribution >= 4 is 17.8 Å². The van der Waals surface area contributed by atoms with Crippen LogP contribution in [0.1, 0.15) is 38.5 Å². The third kappa shape index (κ3) is 4.22. The van der Waals surface area contributed by atoms with E-state index in [9.17, 15) is 14.4 Å². The number of hydrogen-bond donors (Lipinski definition) is 2. The molecule has 0 aromatic heterocycles. The number of nitrogens with zero attached hydrogens (tertiary/aromatic N) is 2. The van der Waals surface area contributed by atoms with Crippen LogP contribution in [0.25, 0.3) is 0 Å². The molecular weight excluding hydrogens is 296 g/mol. The monoisotopic (exact) mass is 322 g/mol. The highest BCUT2D eigenvalue weighted by Crippen LogP contribution is 2.24. The van der Waals surface area contributed by atoms with Crippen LogP contribution in [0.2, 0.25) is 0 Å². The fourth-order valence-electron chi connectivity index (χ4n) is 3.82. The number of urea groups is 1. The maximum Gasteiger partial charge on any atom is 0.322 e. The number of hydrogen-bond acceptors (Lipinski definition) is 4. The summed E-state index contributed by atoms with van der Waals surface area (Å²) < 4.78 is 0. The Hall–Kier alpha value is -1.63. The van der Waals surface area contributed by atoms with Crippen molar-refractivity contribution in [3.8, 4) is 0 Å². The van der Waals surface area contributed by atoms with E-state index < -0.39 is 18.0 Å². The van der Waals surface area contributed by atoms with Crippen molar-refractivity contribution in [2.45, 2.75) is 44.6 Å². The number of amides is 4. The standard InChI is InChI=1S/C16H26N4O3/c21-14(10-13-15(22)18-16(23)17-13)20-8-6-19(7-9-20)11-12-4-2-1-3-5-12/h12-13H,1-11H2,(H2,17,18,22,23)/t13-/m1/s1. The zero-order chi connectivity index (χ0) is 16.2. The van der Waals surface area contributed by atoms with Gasteiger partial charge >= 0.3 is 6.03 Å². The second-order valence-electron chi connectivity index (χ2n) is 6.90. The Labute approximate surface area is 136 Å². The molecule has 3 aliphatic rings. The second-order valence-corrected chi connectivity index (χ2v) is 6.90. The predicted molar refractivity (Wildman–Crippen MR) is 84.7 cm³/mol. The third-order valence-corrected chi connectivity index (χ3v) is 5.20. The SMILES string of the molecule is O=C1NC(=O)[C@@H](CC(=O)N2CCN(CC3CCCCC3)CC2)N1. The molecule has 7 heteroatoms. The van der Waals surface area contributed by atoms with Crippen molar-refractivity contribution < 1.29 is 14.4 Å². The maximum absolute atomic E-state index is 12.3. The average molecular weight is 322 g/mol. The van der Waals surface area contributed by atoms with E-state index >= 15 is 0 Å². The van der Waals surface area contributed by atoms with E-state index in [1.807, 2.05) is 4.90 Å². The van der Waals surface area contributed by atoms with E-state index in [4.69, 9.17) is 0 Å². The molecule has 1 saturated carbocycles. The topological polar surface area (TPSA) is 81.8 Å². The molecule has 0 unspecified atom stereocenters. The number of carbonyl (C=O) groups excluding carboxylic acids is 3. The molecule has 2 N–H and O–H groups in total. The van der Waals surface area contributed by atoms with Crippen LogP contribution in [-0.2, 0) is 9.59 Å². The highest BCUT2D eigenvalue weighted by Gasteiger charge is 2.33. The van der Waals surface area contributed by atoms with Crippen LogP contribution in [0.4, 0.5) is 4.79 Å². The Balaban J connectivity index is 1.40. The first kappa shape index (κ1) is 16.2. The number of nitrogens with one attached hydrogen (secondary N) is 2. The fourth-order valence-corrected chi connectivity index (χ4v) is 3.82. The van der Waals surface area contributed by atoms with Gasteiger partial charge in [-0.3, -0.25) is 19.8 Å². The van der Waals surface area contributed by atoms with Gasteiger partial charge in [0.25, 0.3) is 5.91 Å². The minimum atomic E-state index is -0.713. The van der Waals surface area contributed by atoms with E-state index in [-0.39, 0.29) is 12.3 Å². The summed E-state index contributed by atoms with van der Waals surface area (Å²) in [5, 5.41) is 4.64. The van der Waals surface area contributed by atoms with Crippen LogP contribution in [0.5, 0.6) is 0 Å². The van der Waals surface area contributed by atoms with Crippen LogP contribution in [0.15, 0.2) is 0 Å².